The Morgan fingerprint density at radius 2 is 1.82 bits per heavy atom. The number of benzene rings is 3. The molecule has 0 fully saturated rings. The van der Waals surface area contributed by atoms with Crippen LogP contribution >= 0.6 is 46.1 Å². The first kappa shape index (κ1) is 26.0. The predicted octanol–water partition coefficient (Wildman–Crippen LogP) is 6.82. The second-order valence-electron chi connectivity index (χ2n) is 8.16. The molecule has 0 unspecified atom stereocenters. The number of hydrogen-bond donors (Lipinski definition) is 3. The maximum atomic E-state index is 12.7. The topological polar surface area (TPSA) is 116 Å². The zero-order valence-electron chi connectivity index (χ0n) is 19.3. The number of anilines is 2. The number of para-hydroxylation sites is 1. The molecule has 4 aromatic rings. The Kier molecular flexibility index (Phi) is 7.27. The molecule has 1 aliphatic rings. The Morgan fingerprint density at radius 1 is 1.08 bits per heavy atom. The van der Waals surface area contributed by atoms with Crippen LogP contribution in [-0.2, 0) is 9.53 Å². The third-order valence-corrected chi connectivity index (χ3v) is 7.48. The van der Waals surface area contributed by atoms with Gasteiger partial charge in [0.2, 0.25) is 0 Å². The monoisotopic (exact) mass is 586 g/mol. The molecule has 1 amide bonds. The summed E-state index contributed by atoms with van der Waals surface area (Å²) < 4.78 is 6.10. The van der Waals surface area contributed by atoms with Gasteiger partial charge in [0.05, 0.1) is 43.6 Å². The summed E-state index contributed by atoms with van der Waals surface area (Å²) in [5, 5.41) is 23.0. The predicted molar refractivity (Wildman–Crippen MR) is 151 cm³/mol. The molecule has 0 atom stereocenters. The van der Waals surface area contributed by atoms with E-state index < -0.39 is 18.5 Å². The molecule has 0 saturated heterocycles. The van der Waals surface area contributed by atoms with Crippen molar-refractivity contribution in [2.24, 2.45) is 0 Å². The second-order valence-corrected chi connectivity index (χ2v) is 10.4. The summed E-state index contributed by atoms with van der Waals surface area (Å²) in [5.41, 5.74) is 1.95. The molecule has 38 heavy (non-hydrogen) atoms. The van der Waals surface area contributed by atoms with E-state index in [1.165, 1.54) is 35.6 Å². The van der Waals surface area contributed by atoms with E-state index in [2.05, 4.69) is 10.3 Å². The minimum atomic E-state index is -0.746. The lowest BCUT2D eigenvalue weighted by Crippen LogP contribution is -2.26. The number of ether oxygens (including phenoxy) is 1. The zero-order valence-corrected chi connectivity index (χ0v) is 22.4. The summed E-state index contributed by atoms with van der Waals surface area (Å²) in [4.78, 5) is 31.1. The Hall–Kier alpha value is -3.63. The summed E-state index contributed by atoms with van der Waals surface area (Å²) in [7, 11) is 0. The third kappa shape index (κ3) is 5.19. The highest BCUT2D eigenvalue weighted by Gasteiger charge is 2.31. The highest BCUT2D eigenvalue weighted by atomic mass is 35.5. The number of nitrogens with zero attached hydrogens (tertiary/aromatic N) is 2. The van der Waals surface area contributed by atoms with Crippen LogP contribution in [0.3, 0.4) is 0 Å². The summed E-state index contributed by atoms with van der Waals surface area (Å²) in [6.07, 6.45) is 0. The first-order valence-electron chi connectivity index (χ1n) is 11.1. The van der Waals surface area contributed by atoms with E-state index >= 15 is 0 Å². The molecule has 0 aliphatic carbocycles. The van der Waals surface area contributed by atoms with Crippen molar-refractivity contribution >= 4 is 91.0 Å². The number of halogens is 3. The van der Waals surface area contributed by atoms with Crippen LogP contribution < -0.4 is 10.2 Å². The van der Waals surface area contributed by atoms with E-state index in [0.717, 1.165) is 10.2 Å². The molecule has 8 nitrogen and oxygen atoms in total. The van der Waals surface area contributed by atoms with Gasteiger partial charge >= 0.3 is 5.97 Å². The van der Waals surface area contributed by atoms with Crippen LogP contribution in [0.15, 0.2) is 66.4 Å². The van der Waals surface area contributed by atoms with Crippen molar-refractivity contribution in [2.45, 2.75) is 0 Å². The van der Waals surface area contributed by atoms with Gasteiger partial charge in [-0.3, -0.25) is 10.2 Å². The summed E-state index contributed by atoms with van der Waals surface area (Å²) in [6, 6.07) is 16.8. The van der Waals surface area contributed by atoms with Gasteiger partial charge in [0.1, 0.15) is 16.6 Å². The number of carbonyl (C=O) groups excluding carboxylic acids is 2. The van der Waals surface area contributed by atoms with Gasteiger partial charge in [-0.05, 0) is 42.5 Å². The zero-order chi connectivity index (χ0) is 27.0. The number of esters is 1. The van der Waals surface area contributed by atoms with Crippen LogP contribution in [0.5, 0.6) is 0 Å². The van der Waals surface area contributed by atoms with Gasteiger partial charge in [0.15, 0.2) is 6.61 Å². The van der Waals surface area contributed by atoms with Crippen molar-refractivity contribution in [3.63, 3.8) is 0 Å². The van der Waals surface area contributed by atoms with E-state index in [-0.39, 0.29) is 39.4 Å². The summed E-state index contributed by atoms with van der Waals surface area (Å²) >= 11 is 19.4. The summed E-state index contributed by atoms with van der Waals surface area (Å²) in [6.45, 7) is -0.532. The van der Waals surface area contributed by atoms with Crippen LogP contribution in [0.4, 0.5) is 11.4 Å². The normalized spacial score (nSPS) is 13.3. The van der Waals surface area contributed by atoms with Crippen LogP contribution in [0.1, 0.15) is 15.4 Å². The van der Waals surface area contributed by atoms with Crippen molar-refractivity contribution in [2.75, 3.05) is 23.4 Å². The molecule has 192 valence electrons. The van der Waals surface area contributed by atoms with Gasteiger partial charge in [-0.2, -0.15) is 0 Å². The fourth-order valence-corrected chi connectivity index (χ4v) is 5.80. The lowest BCUT2D eigenvalue weighted by Gasteiger charge is -2.19. The first-order valence-corrected chi connectivity index (χ1v) is 13.0. The van der Waals surface area contributed by atoms with Crippen molar-refractivity contribution in [1.82, 2.24) is 4.98 Å². The molecule has 0 bridgehead atoms. The third-order valence-electron chi connectivity index (χ3n) is 5.61. The van der Waals surface area contributed by atoms with Crippen molar-refractivity contribution in [3.05, 3.63) is 92.1 Å². The molecule has 0 radical (unpaired) electrons. The van der Waals surface area contributed by atoms with E-state index in [9.17, 15) is 14.7 Å². The SMILES string of the molecule is N=C1C(c2nc3ccccc3s2)=C(O)CN1c1cccc(C(=O)OCC(=O)Nc2c(Cl)cc(Cl)cc2Cl)c1. The van der Waals surface area contributed by atoms with Gasteiger partial charge in [-0.25, -0.2) is 9.78 Å². The minimum absolute atomic E-state index is 0.0122. The smallest absolute Gasteiger partial charge is 0.338 e. The van der Waals surface area contributed by atoms with Gasteiger partial charge in [0.25, 0.3) is 5.91 Å². The van der Waals surface area contributed by atoms with Gasteiger partial charge in [-0.15, -0.1) is 11.3 Å². The van der Waals surface area contributed by atoms with E-state index in [1.807, 2.05) is 24.3 Å². The average Bonchev–Trinajstić information content (AvgIpc) is 3.44. The number of fused-ring (bicyclic) bond motifs is 1. The molecule has 0 saturated carbocycles. The van der Waals surface area contributed by atoms with Crippen LogP contribution in [0.2, 0.25) is 15.1 Å². The lowest BCUT2D eigenvalue weighted by molar-refractivity contribution is -0.119. The molecular formula is C26H17Cl3N4O4S. The van der Waals surface area contributed by atoms with Crippen LogP contribution in [0.25, 0.3) is 15.8 Å². The van der Waals surface area contributed by atoms with E-state index in [4.69, 9.17) is 44.9 Å². The molecule has 12 heteroatoms. The molecule has 0 spiro atoms. The Morgan fingerprint density at radius 3 is 2.55 bits per heavy atom. The van der Waals surface area contributed by atoms with Gasteiger partial charge in [-0.1, -0.05) is 53.0 Å². The molecule has 1 aliphatic heterocycles. The van der Waals surface area contributed by atoms with E-state index in [1.54, 1.807) is 17.0 Å². The average molecular weight is 588 g/mol. The number of aromatic nitrogens is 1. The van der Waals surface area contributed by atoms with Crippen molar-refractivity contribution in [1.29, 1.82) is 5.41 Å². The molecular weight excluding hydrogens is 571 g/mol. The number of aliphatic hydroxyl groups is 1. The second kappa shape index (κ2) is 10.6. The number of amides is 1. The molecule has 3 N–H and O–H groups in total. The van der Waals surface area contributed by atoms with E-state index in [0.29, 0.717) is 21.3 Å². The molecule has 1 aromatic heterocycles. The Bertz CT molecular complexity index is 1600. The number of carbonyl (C=O) groups is 2. The van der Waals surface area contributed by atoms with Crippen LogP contribution in [-0.4, -0.2) is 41.0 Å². The number of aliphatic hydroxyl groups excluding tert-OH is 1. The number of nitrogens with one attached hydrogen (secondary N) is 2. The number of hydrogen-bond acceptors (Lipinski definition) is 7. The quantitative estimate of drug-likeness (QED) is 0.213. The Labute approximate surface area is 235 Å². The van der Waals surface area contributed by atoms with Crippen molar-refractivity contribution in [3.8, 4) is 0 Å². The number of amidine groups is 1. The molecule has 2 heterocycles. The summed E-state index contributed by atoms with van der Waals surface area (Å²) in [5.74, 6) is -1.32. The molecule has 3 aromatic carbocycles. The fraction of sp³-hybridized carbons (Fsp3) is 0.0769. The highest BCUT2D eigenvalue weighted by molar-refractivity contribution is 7.19. The van der Waals surface area contributed by atoms with Gasteiger partial charge in [0, 0.05) is 10.7 Å². The lowest BCUT2D eigenvalue weighted by atomic mass is 10.2. The maximum absolute atomic E-state index is 12.7. The molecule has 5 rings (SSSR count). The maximum Gasteiger partial charge on any atom is 0.338 e. The minimum Gasteiger partial charge on any atom is -0.510 e. The Balaban J connectivity index is 1.26. The standard InChI is InChI=1S/C26H17Cl3N4O4S/c27-14-9-16(28)23(17(29)10-14)32-21(35)12-37-26(36)13-4-3-5-15(8-13)33-11-19(34)22(24(33)30)25-31-18-6-1-2-7-20(18)38-25/h1-10,30,34H,11-12H2,(H,32,35). The van der Waals surface area contributed by atoms with Crippen molar-refractivity contribution < 1.29 is 19.4 Å². The number of thiazole rings is 1. The largest absolute Gasteiger partial charge is 0.510 e. The van der Waals surface area contributed by atoms with Crippen LogP contribution in [0, 0.1) is 5.41 Å². The van der Waals surface area contributed by atoms with Gasteiger partial charge < -0.3 is 20.1 Å². The number of rotatable bonds is 6. The fourth-order valence-electron chi connectivity index (χ4n) is 3.86. The first-order chi connectivity index (χ1) is 18.2. The highest BCUT2D eigenvalue weighted by Crippen LogP contribution is 2.36.